The van der Waals surface area contributed by atoms with E-state index in [-0.39, 0.29) is 0 Å². The van der Waals surface area contributed by atoms with Gasteiger partial charge >= 0.3 is 0 Å². The summed E-state index contributed by atoms with van der Waals surface area (Å²) in [5.74, 6) is 0. The minimum absolute atomic E-state index is 1.19. The monoisotopic (exact) mass is 534 g/mol. The van der Waals surface area contributed by atoms with Crippen LogP contribution in [0.3, 0.4) is 0 Å². The van der Waals surface area contributed by atoms with Gasteiger partial charge in [0.2, 0.25) is 0 Å². The van der Waals surface area contributed by atoms with Crippen LogP contribution in [0.15, 0.2) is 146 Å². The van der Waals surface area contributed by atoms with Crippen molar-refractivity contribution in [3.63, 3.8) is 0 Å². The molecule has 0 fully saturated rings. The van der Waals surface area contributed by atoms with E-state index >= 15 is 0 Å². The molecule has 0 saturated heterocycles. The van der Waals surface area contributed by atoms with E-state index in [9.17, 15) is 0 Å². The van der Waals surface area contributed by atoms with Crippen molar-refractivity contribution in [2.24, 2.45) is 0 Å². The third kappa shape index (κ3) is 5.44. The topological polar surface area (TPSA) is 0 Å². The normalized spacial score (nSPS) is 12.0. The molecule has 0 aliphatic heterocycles. The molecule has 0 aliphatic rings. The largest absolute Gasteiger partial charge is 0.0622 e. The van der Waals surface area contributed by atoms with Crippen LogP contribution in [0.1, 0.15) is 33.4 Å². The second kappa shape index (κ2) is 11.6. The van der Waals surface area contributed by atoms with Crippen molar-refractivity contribution in [2.75, 3.05) is 0 Å². The molecule has 0 atom stereocenters. The minimum atomic E-state index is 1.19. The molecular weight excluding hydrogens is 504 g/mol. The second-order valence-corrected chi connectivity index (χ2v) is 10.6. The van der Waals surface area contributed by atoms with Gasteiger partial charge in [0.15, 0.2) is 0 Å². The molecule has 7 aromatic rings. The number of fused-ring (bicyclic) bond motifs is 6. The highest BCUT2D eigenvalue weighted by atomic mass is 14.1. The average Bonchev–Trinajstić information content (AvgIpc) is 3.06. The van der Waals surface area contributed by atoms with Crippen LogP contribution < -0.4 is 0 Å². The predicted octanol–water partition coefficient (Wildman–Crippen LogP) is 11.7. The standard InChI is InChI=1S/C42H30/c1-4-10-31(11-5-1)16-19-34-22-25-37-40(28-34)38-26-23-35(20-17-32-12-6-2-7-13-32)30-42(38)39-27-24-36(29-41(37)39)21-18-33-14-8-3-9-15-33/h1-30H/b19-16+,20-17+,21-18?. The molecular formula is C42H30. The van der Waals surface area contributed by atoms with Gasteiger partial charge < -0.3 is 0 Å². The van der Waals surface area contributed by atoms with Crippen LogP contribution in [-0.4, -0.2) is 0 Å². The summed E-state index contributed by atoms with van der Waals surface area (Å²) < 4.78 is 0. The van der Waals surface area contributed by atoms with Gasteiger partial charge in [0.25, 0.3) is 0 Å². The zero-order chi connectivity index (χ0) is 28.1. The lowest BCUT2D eigenvalue weighted by molar-refractivity contribution is 1.66. The lowest BCUT2D eigenvalue weighted by Crippen LogP contribution is -1.87. The van der Waals surface area contributed by atoms with Gasteiger partial charge in [-0.15, -0.1) is 0 Å². The first-order valence-electron chi connectivity index (χ1n) is 14.4. The molecule has 0 unspecified atom stereocenters. The summed E-state index contributed by atoms with van der Waals surface area (Å²) in [6, 6.07) is 52.0. The van der Waals surface area contributed by atoms with Crippen molar-refractivity contribution < 1.29 is 0 Å². The van der Waals surface area contributed by atoms with Gasteiger partial charge in [-0.3, -0.25) is 0 Å². The Bertz CT molecular complexity index is 1820. The molecule has 198 valence electrons. The van der Waals surface area contributed by atoms with Gasteiger partial charge in [0.05, 0.1) is 0 Å². The maximum atomic E-state index is 2.34. The minimum Gasteiger partial charge on any atom is -0.0622 e. The van der Waals surface area contributed by atoms with Gasteiger partial charge in [-0.1, -0.05) is 164 Å². The van der Waals surface area contributed by atoms with Gasteiger partial charge in [0.1, 0.15) is 0 Å². The molecule has 0 nitrogen and oxygen atoms in total. The maximum Gasteiger partial charge on any atom is -0.00930 e. The molecule has 0 bridgehead atoms. The average molecular weight is 535 g/mol. The van der Waals surface area contributed by atoms with E-state index in [2.05, 4.69) is 182 Å². The van der Waals surface area contributed by atoms with E-state index in [1.165, 1.54) is 65.7 Å². The highest BCUT2D eigenvalue weighted by Crippen LogP contribution is 2.37. The molecule has 42 heavy (non-hydrogen) atoms. The fourth-order valence-corrected chi connectivity index (χ4v) is 5.64. The quantitative estimate of drug-likeness (QED) is 0.147. The van der Waals surface area contributed by atoms with Crippen LogP contribution in [0.4, 0.5) is 0 Å². The smallest absolute Gasteiger partial charge is 0.00930 e. The van der Waals surface area contributed by atoms with E-state index in [0.717, 1.165) is 0 Å². The van der Waals surface area contributed by atoms with Crippen molar-refractivity contribution >= 4 is 68.8 Å². The van der Waals surface area contributed by atoms with E-state index in [1.807, 2.05) is 0 Å². The van der Waals surface area contributed by atoms with Crippen LogP contribution in [0.25, 0.3) is 68.8 Å². The zero-order valence-electron chi connectivity index (χ0n) is 23.3. The van der Waals surface area contributed by atoms with Crippen molar-refractivity contribution in [2.45, 2.75) is 0 Å². The highest BCUT2D eigenvalue weighted by molar-refractivity contribution is 6.26. The number of hydrogen-bond acceptors (Lipinski definition) is 0. The van der Waals surface area contributed by atoms with Crippen LogP contribution in [-0.2, 0) is 0 Å². The Kier molecular flexibility index (Phi) is 7.02. The number of hydrogen-bond donors (Lipinski definition) is 0. The molecule has 0 N–H and O–H groups in total. The Morgan fingerprint density at radius 2 is 0.476 bits per heavy atom. The molecule has 0 saturated carbocycles. The molecule has 0 aromatic heterocycles. The third-order valence-corrected chi connectivity index (χ3v) is 7.80. The van der Waals surface area contributed by atoms with Gasteiger partial charge in [-0.2, -0.15) is 0 Å². The SMILES string of the molecule is C(=Cc1ccc2c(c1)c1ccc(/C=C/c3ccccc3)cc1c1ccc(/C=C/c3ccccc3)cc21)c1ccccc1. The molecule has 0 spiro atoms. The fraction of sp³-hybridized carbons (Fsp3) is 0. The molecule has 7 aromatic carbocycles. The molecule has 0 heterocycles. The first-order chi connectivity index (χ1) is 20.8. The van der Waals surface area contributed by atoms with E-state index < -0.39 is 0 Å². The molecule has 0 heteroatoms. The zero-order valence-corrected chi connectivity index (χ0v) is 23.3. The summed E-state index contributed by atoms with van der Waals surface area (Å²) in [7, 11) is 0. The van der Waals surface area contributed by atoms with Gasteiger partial charge in [-0.05, 0) is 83.9 Å². The fourth-order valence-electron chi connectivity index (χ4n) is 5.64. The van der Waals surface area contributed by atoms with Crippen molar-refractivity contribution in [3.05, 3.63) is 179 Å². The molecule has 7 rings (SSSR count). The van der Waals surface area contributed by atoms with Crippen LogP contribution in [0.5, 0.6) is 0 Å². The lowest BCUT2D eigenvalue weighted by Gasteiger charge is -2.13. The molecule has 0 amide bonds. The Morgan fingerprint density at radius 1 is 0.214 bits per heavy atom. The summed E-state index contributed by atoms with van der Waals surface area (Å²) in [5.41, 5.74) is 7.18. The molecule has 0 aliphatic carbocycles. The van der Waals surface area contributed by atoms with Crippen molar-refractivity contribution in [1.29, 1.82) is 0 Å². The maximum absolute atomic E-state index is 2.34. The summed E-state index contributed by atoms with van der Waals surface area (Å²) >= 11 is 0. The summed E-state index contributed by atoms with van der Waals surface area (Å²) in [6.45, 7) is 0. The second-order valence-electron chi connectivity index (χ2n) is 10.6. The molecule has 0 radical (unpaired) electrons. The lowest BCUT2D eigenvalue weighted by atomic mass is 9.91. The van der Waals surface area contributed by atoms with Gasteiger partial charge in [-0.25, -0.2) is 0 Å². The first-order valence-corrected chi connectivity index (χ1v) is 14.4. The first kappa shape index (κ1) is 25.5. The van der Waals surface area contributed by atoms with Crippen LogP contribution >= 0.6 is 0 Å². The van der Waals surface area contributed by atoms with E-state index in [0.29, 0.717) is 0 Å². The Hall–Kier alpha value is -5.46. The third-order valence-electron chi connectivity index (χ3n) is 7.80. The van der Waals surface area contributed by atoms with Crippen LogP contribution in [0, 0.1) is 0 Å². The predicted molar refractivity (Wildman–Crippen MR) is 185 cm³/mol. The Balaban J connectivity index is 1.39. The van der Waals surface area contributed by atoms with Crippen molar-refractivity contribution in [3.8, 4) is 0 Å². The summed E-state index contributed by atoms with van der Waals surface area (Å²) in [6.07, 6.45) is 13.2. The summed E-state index contributed by atoms with van der Waals surface area (Å²) in [4.78, 5) is 0. The van der Waals surface area contributed by atoms with E-state index in [4.69, 9.17) is 0 Å². The highest BCUT2D eigenvalue weighted by Gasteiger charge is 2.10. The number of rotatable bonds is 6. The Labute approximate surface area is 247 Å². The Morgan fingerprint density at radius 3 is 0.762 bits per heavy atom. The van der Waals surface area contributed by atoms with Gasteiger partial charge in [0, 0.05) is 0 Å². The van der Waals surface area contributed by atoms with Crippen molar-refractivity contribution in [1.82, 2.24) is 0 Å². The summed E-state index contributed by atoms with van der Waals surface area (Å²) in [5, 5.41) is 7.65. The number of benzene rings is 7. The van der Waals surface area contributed by atoms with Crippen LogP contribution in [0.2, 0.25) is 0 Å². The van der Waals surface area contributed by atoms with E-state index in [1.54, 1.807) is 0 Å².